The molecule has 0 aliphatic heterocycles. The molecule has 2 heterocycles. The van der Waals surface area contributed by atoms with E-state index in [1.807, 2.05) is 19.2 Å². The molecule has 9 heteroatoms. The fourth-order valence-electron chi connectivity index (χ4n) is 1.71. The van der Waals surface area contributed by atoms with E-state index in [1.165, 1.54) is 22.7 Å². The van der Waals surface area contributed by atoms with E-state index in [0.29, 0.717) is 32.5 Å². The zero-order valence-corrected chi connectivity index (χ0v) is 15.9. The topological polar surface area (TPSA) is 58.2 Å². The smallest absolute Gasteiger partial charge is 0.242 e. The summed E-state index contributed by atoms with van der Waals surface area (Å²) >= 11 is 12.0. The van der Waals surface area contributed by atoms with Crippen molar-refractivity contribution in [2.45, 2.75) is 17.9 Å². The third-order valence-corrected chi connectivity index (χ3v) is 7.64. The van der Waals surface area contributed by atoms with Crippen molar-refractivity contribution in [2.75, 3.05) is 13.6 Å². The highest BCUT2D eigenvalue weighted by Gasteiger charge is 2.20. The molecule has 0 aromatic carbocycles. The second-order valence-corrected chi connectivity index (χ2v) is 10.2. The Morgan fingerprint density at radius 1 is 1.29 bits per heavy atom. The molecule has 0 aliphatic carbocycles. The lowest BCUT2D eigenvalue weighted by atomic mass is 10.3. The van der Waals surface area contributed by atoms with Crippen molar-refractivity contribution in [3.05, 3.63) is 36.1 Å². The number of nitrogens with one attached hydrogen (secondary N) is 2. The molecule has 0 saturated carbocycles. The average molecular weight is 430 g/mol. The van der Waals surface area contributed by atoms with Crippen LogP contribution in [0.2, 0.25) is 4.34 Å². The monoisotopic (exact) mass is 428 g/mol. The molecule has 0 radical (unpaired) electrons. The van der Waals surface area contributed by atoms with E-state index >= 15 is 0 Å². The van der Waals surface area contributed by atoms with Gasteiger partial charge < -0.3 is 5.32 Å². The first-order chi connectivity index (χ1) is 9.92. The molecular weight excluding hydrogens is 416 g/mol. The van der Waals surface area contributed by atoms with E-state index in [4.69, 9.17) is 11.6 Å². The molecule has 0 amide bonds. The molecule has 21 heavy (non-hydrogen) atoms. The lowest BCUT2D eigenvalue weighted by molar-refractivity contribution is 0.581. The summed E-state index contributed by atoms with van der Waals surface area (Å²) in [6.45, 7) is 0.995. The Hall–Kier alpha value is 0.0400. The van der Waals surface area contributed by atoms with Crippen molar-refractivity contribution in [1.82, 2.24) is 10.0 Å². The minimum atomic E-state index is -3.49. The number of thiophene rings is 2. The van der Waals surface area contributed by atoms with Gasteiger partial charge in [0, 0.05) is 22.8 Å². The van der Waals surface area contributed by atoms with Gasteiger partial charge in [-0.15, -0.1) is 22.7 Å². The Morgan fingerprint density at radius 2 is 2.05 bits per heavy atom. The van der Waals surface area contributed by atoms with Crippen LogP contribution in [0.4, 0.5) is 0 Å². The van der Waals surface area contributed by atoms with Crippen LogP contribution in [0, 0.1) is 0 Å². The second kappa shape index (κ2) is 7.54. The summed E-state index contributed by atoms with van der Waals surface area (Å²) in [7, 11) is -1.67. The molecule has 2 N–H and O–H groups in total. The minimum Gasteiger partial charge on any atom is -0.315 e. The van der Waals surface area contributed by atoms with Gasteiger partial charge in [0.05, 0.1) is 8.12 Å². The molecule has 2 aromatic heterocycles. The molecule has 0 spiro atoms. The number of hydrogen-bond donors (Lipinski definition) is 2. The van der Waals surface area contributed by atoms with Crippen LogP contribution in [0.3, 0.4) is 0 Å². The third kappa shape index (κ3) is 4.75. The number of halogens is 2. The van der Waals surface area contributed by atoms with E-state index < -0.39 is 10.0 Å². The lowest BCUT2D eigenvalue weighted by Crippen LogP contribution is -2.25. The van der Waals surface area contributed by atoms with E-state index in [2.05, 4.69) is 26.0 Å². The van der Waals surface area contributed by atoms with E-state index in [0.717, 1.165) is 9.75 Å². The van der Waals surface area contributed by atoms with Crippen LogP contribution in [-0.2, 0) is 23.0 Å². The largest absolute Gasteiger partial charge is 0.315 e. The maximum Gasteiger partial charge on any atom is 0.242 e. The highest BCUT2D eigenvalue weighted by molar-refractivity contribution is 9.11. The number of rotatable bonds is 7. The molecule has 0 bridgehead atoms. The Kier molecular flexibility index (Phi) is 6.25. The second-order valence-electron chi connectivity index (χ2n) is 4.23. The molecule has 2 rings (SSSR count). The summed E-state index contributed by atoms with van der Waals surface area (Å²) in [5, 5.41) is 3.01. The van der Waals surface area contributed by atoms with Gasteiger partial charge in [-0.1, -0.05) is 11.6 Å². The van der Waals surface area contributed by atoms with E-state index in [1.54, 1.807) is 6.07 Å². The predicted molar refractivity (Wildman–Crippen MR) is 93.0 cm³/mol. The Bertz CT molecular complexity index is 712. The van der Waals surface area contributed by atoms with Gasteiger partial charge in [0.15, 0.2) is 0 Å². The summed E-state index contributed by atoms with van der Waals surface area (Å²) in [5.41, 5.74) is 0. The summed E-state index contributed by atoms with van der Waals surface area (Å²) in [4.78, 5) is 2.32. The van der Waals surface area contributed by atoms with Gasteiger partial charge in [-0.25, -0.2) is 13.1 Å². The molecule has 0 fully saturated rings. The van der Waals surface area contributed by atoms with Crippen LogP contribution >= 0.6 is 50.2 Å². The highest BCUT2D eigenvalue weighted by atomic mass is 79.9. The van der Waals surface area contributed by atoms with Crippen molar-refractivity contribution >= 4 is 60.2 Å². The molecule has 116 valence electrons. The Morgan fingerprint density at radius 3 is 2.67 bits per heavy atom. The van der Waals surface area contributed by atoms with Crippen LogP contribution in [-0.4, -0.2) is 22.0 Å². The fourth-order valence-corrected chi connectivity index (χ4v) is 6.53. The lowest BCUT2D eigenvalue weighted by Gasteiger charge is -2.04. The maximum absolute atomic E-state index is 12.3. The Balaban J connectivity index is 2.01. The Labute approximate surface area is 145 Å². The maximum atomic E-state index is 12.3. The minimum absolute atomic E-state index is 0.293. The normalized spacial score (nSPS) is 12.0. The van der Waals surface area contributed by atoms with E-state index in [-0.39, 0.29) is 0 Å². The summed E-state index contributed by atoms with van der Waals surface area (Å²) in [6.07, 6.45) is 0.627. The van der Waals surface area contributed by atoms with Crippen LogP contribution < -0.4 is 10.0 Å². The van der Waals surface area contributed by atoms with Gasteiger partial charge in [0.2, 0.25) is 10.0 Å². The first kappa shape index (κ1) is 17.4. The quantitative estimate of drug-likeness (QED) is 0.708. The zero-order chi connectivity index (χ0) is 15.5. The zero-order valence-electron chi connectivity index (χ0n) is 11.2. The van der Waals surface area contributed by atoms with Crippen molar-refractivity contribution in [3.8, 4) is 0 Å². The highest BCUT2D eigenvalue weighted by Crippen LogP contribution is 2.31. The average Bonchev–Trinajstić information content (AvgIpc) is 2.96. The van der Waals surface area contributed by atoms with Gasteiger partial charge >= 0.3 is 0 Å². The van der Waals surface area contributed by atoms with Gasteiger partial charge in [-0.2, -0.15) is 0 Å². The van der Waals surface area contributed by atoms with Gasteiger partial charge in [-0.3, -0.25) is 0 Å². The molecule has 0 aliphatic rings. The van der Waals surface area contributed by atoms with Gasteiger partial charge in [0.1, 0.15) is 4.90 Å². The molecule has 0 unspecified atom stereocenters. The van der Waals surface area contributed by atoms with Crippen LogP contribution in [0.25, 0.3) is 0 Å². The predicted octanol–water partition coefficient (Wildman–Crippen LogP) is 3.47. The summed E-state index contributed by atoms with van der Waals surface area (Å²) in [6, 6.07) is 5.41. The standard InChI is InChI=1S/C12H14BrClN2O2S3/c1-15-7-9-6-10(12(13)20-9)21(17,18)16-5-4-8-2-3-11(14)19-8/h2-3,6,15-16H,4-5,7H2,1H3. The van der Waals surface area contributed by atoms with Crippen LogP contribution in [0.15, 0.2) is 26.9 Å². The van der Waals surface area contributed by atoms with Crippen molar-refractivity contribution < 1.29 is 8.42 Å². The van der Waals surface area contributed by atoms with Gasteiger partial charge in [0.25, 0.3) is 0 Å². The van der Waals surface area contributed by atoms with Gasteiger partial charge in [-0.05, 0) is 47.6 Å². The van der Waals surface area contributed by atoms with Crippen molar-refractivity contribution in [2.24, 2.45) is 0 Å². The molecule has 4 nitrogen and oxygen atoms in total. The molecule has 0 atom stereocenters. The molecular formula is C12H14BrClN2O2S3. The first-order valence-electron chi connectivity index (χ1n) is 6.09. The van der Waals surface area contributed by atoms with E-state index in [9.17, 15) is 8.42 Å². The first-order valence-corrected chi connectivity index (χ1v) is 10.4. The summed E-state index contributed by atoms with van der Waals surface area (Å²) in [5.74, 6) is 0. The van der Waals surface area contributed by atoms with Crippen molar-refractivity contribution in [1.29, 1.82) is 0 Å². The number of hydrogen-bond acceptors (Lipinski definition) is 5. The number of sulfonamides is 1. The fraction of sp³-hybridized carbons (Fsp3) is 0.333. The SMILES string of the molecule is CNCc1cc(S(=O)(=O)NCCc2ccc(Cl)s2)c(Br)s1. The van der Waals surface area contributed by atoms with Crippen LogP contribution in [0.1, 0.15) is 9.75 Å². The molecule has 0 saturated heterocycles. The van der Waals surface area contributed by atoms with Crippen molar-refractivity contribution in [3.63, 3.8) is 0 Å². The van der Waals surface area contributed by atoms with Crippen LogP contribution in [0.5, 0.6) is 0 Å². The summed E-state index contributed by atoms with van der Waals surface area (Å²) < 4.78 is 28.5. The third-order valence-electron chi connectivity index (χ3n) is 2.64. The molecule has 2 aromatic rings.